The van der Waals surface area contributed by atoms with Crippen LogP contribution in [-0.4, -0.2) is 53.7 Å². The molecule has 0 aliphatic carbocycles. The van der Waals surface area contributed by atoms with Crippen molar-refractivity contribution in [1.29, 1.82) is 0 Å². The molecule has 0 saturated carbocycles. The number of hydrogen-bond acceptors (Lipinski definition) is 4. The molecule has 2 N–H and O–H groups in total. The summed E-state index contributed by atoms with van der Waals surface area (Å²) in [6.07, 6.45) is 2.65. The van der Waals surface area contributed by atoms with Crippen molar-refractivity contribution in [3.63, 3.8) is 0 Å². The molecule has 2 amide bonds. The second kappa shape index (κ2) is 12.7. The van der Waals surface area contributed by atoms with E-state index in [-0.39, 0.29) is 41.3 Å². The number of amides is 2. The highest BCUT2D eigenvalue weighted by molar-refractivity contribution is 7.96. The van der Waals surface area contributed by atoms with Gasteiger partial charge in [0.25, 0.3) is 0 Å². The minimum atomic E-state index is -0.738. The number of nitrogens with one attached hydrogen (secondary N) is 2. The molecule has 0 radical (unpaired) electrons. The normalized spacial score (nSPS) is 12.5. The summed E-state index contributed by atoms with van der Waals surface area (Å²) in [6.45, 7) is 1.58. The van der Waals surface area contributed by atoms with Gasteiger partial charge in [-0.3, -0.25) is 19.2 Å². The van der Waals surface area contributed by atoms with Crippen molar-refractivity contribution in [2.75, 3.05) is 24.3 Å². The first kappa shape index (κ1) is 24.3. The summed E-state index contributed by atoms with van der Waals surface area (Å²) >= 11 is 0. The Balaban J connectivity index is 1.89. The van der Waals surface area contributed by atoms with Crippen LogP contribution in [0.2, 0.25) is 0 Å². The van der Waals surface area contributed by atoms with Crippen LogP contribution in [-0.2, 0) is 20.5 Å². The number of rotatable bonds is 12. The lowest BCUT2D eigenvalue weighted by Gasteiger charge is -2.17. The number of carbonyl (C=O) groups excluding carboxylic acids is 4. The van der Waals surface area contributed by atoms with Gasteiger partial charge in [0.15, 0.2) is 11.5 Å². The molecular formula is C24H29N2O4S+. The summed E-state index contributed by atoms with van der Waals surface area (Å²) < 4.78 is 0. The summed E-state index contributed by atoms with van der Waals surface area (Å²) in [7, 11) is -0.245. The minimum Gasteiger partial charge on any atom is -0.347 e. The van der Waals surface area contributed by atoms with Crippen molar-refractivity contribution in [2.45, 2.75) is 25.8 Å². The number of benzene rings is 2. The van der Waals surface area contributed by atoms with E-state index in [1.54, 1.807) is 43.3 Å². The fraction of sp³-hybridized carbons (Fsp3) is 0.333. The van der Waals surface area contributed by atoms with Gasteiger partial charge in [-0.1, -0.05) is 67.6 Å². The van der Waals surface area contributed by atoms with Crippen LogP contribution in [0.25, 0.3) is 0 Å². The minimum absolute atomic E-state index is 0.0680. The topological polar surface area (TPSA) is 92.3 Å². The standard InChI is InChI=1S/C24H28N2O4S/c1-3-23(29)26-20(24(30)25-16-21(27)18-10-6-4-7-11-18)14-15-31(2)17-22(28)19-12-8-5-9-13-19/h4-13,20H,3,14-17H2,1-2H3,(H-,25,26,29,30)/p+1/i5+1,8+1,9+1,12+1,13+1,16+1,19+1,21+1. The summed E-state index contributed by atoms with van der Waals surface area (Å²) in [5, 5.41) is 5.36. The highest BCUT2D eigenvalue weighted by Crippen LogP contribution is 2.07. The van der Waals surface area contributed by atoms with Gasteiger partial charge in [0.1, 0.15) is 11.8 Å². The zero-order valence-electron chi connectivity index (χ0n) is 17.9. The van der Waals surface area contributed by atoms with Crippen LogP contribution < -0.4 is 10.6 Å². The lowest BCUT2D eigenvalue weighted by molar-refractivity contribution is -0.128. The highest BCUT2D eigenvalue weighted by Gasteiger charge is 2.25. The number of hydrogen-bond donors (Lipinski definition) is 2. The first-order valence-corrected chi connectivity index (χ1v) is 12.2. The van der Waals surface area contributed by atoms with E-state index in [1.807, 2.05) is 30.5 Å². The van der Waals surface area contributed by atoms with Gasteiger partial charge in [0.2, 0.25) is 17.6 Å². The third-order valence-electron chi connectivity index (χ3n) is 4.72. The third-order valence-corrected chi connectivity index (χ3v) is 6.41. The van der Waals surface area contributed by atoms with E-state index in [9.17, 15) is 19.2 Å². The molecule has 0 aromatic heterocycles. The van der Waals surface area contributed by atoms with E-state index in [0.717, 1.165) is 0 Å². The zero-order chi connectivity index (χ0) is 22.6. The predicted octanol–water partition coefficient (Wildman–Crippen LogP) is 2.40. The van der Waals surface area contributed by atoms with Crippen molar-refractivity contribution in [2.24, 2.45) is 0 Å². The van der Waals surface area contributed by atoms with Gasteiger partial charge in [0, 0.05) is 24.0 Å². The molecule has 0 saturated heterocycles. The van der Waals surface area contributed by atoms with Crippen molar-refractivity contribution >= 4 is 34.3 Å². The molecule has 0 aliphatic heterocycles. The molecule has 2 atom stereocenters. The Morgan fingerprint density at radius 1 is 0.871 bits per heavy atom. The van der Waals surface area contributed by atoms with Gasteiger partial charge >= 0.3 is 0 Å². The van der Waals surface area contributed by atoms with Crippen LogP contribution in [0, 0.1) is 0 Å². The summed E-state index contributed by atoms with van der Waals surface area (Å²) in [4.78, 5) is 49.2. The largest absolute Gasteiger partial charge is 0.347 e. The molecule has 2 rings (SSSR count). The van der Waals surface area contributed by atoms with Gasteiger partial charge in [-0.25, -0.2) is 0 Å². The van der Waals surface area contributed by atoms with Gasteiger partial charge in [-0.05, 0) is 10.9 Å². The molecular weight excluding hydrogens is 420 g/mol. The average molecular weight is 450 g/mol. The Morgan fingerprint density at radius 3 is 1.97 bits per heavy atom. The molecule has 164 valence electrons. The summed E-state index contributed by atoms with van der Waals surface area (Å²) in [5.74, 6) is 0.264. The van der Waals surface area contributed by atoms with E-state index in [0.29, 0.717) is 29.1 Å². The molecule has 7 heteroatoms. The molecule has 0 bridgehead atoms. The van der Waals surface area contributed by atoms with Crippen molar-refractivity contribution < 1.29 is 19.2 Å². The smallest absolute Gasteiger partial charge is 0.243 e. The first-order valence-electron chi connectivity index (χ1n) is 10.2. The first-order chi connectivity index (χ1) is 14.9. The van der Waals surface area contributed by atoms with Gasteiger partial charge in [0.05, 0.1) is 12.8 Å². The highest BCUT2D eigenvalue weighted by atomic mass is 32.2. The average Bonchev–Trinajstić information content (AvgIpc) is 2.80. The lowest BCUT2D eigenvalue weighted by atomic mass is 10.2. The maximum atomic E-state index is 12.6. The molecule has 2 unspecified atom stereocenters. The monoisotopic (exact) mass is 449 g/mol. The second-order valence-corrected chi connectivity index (χ2v) is 9.45. The fourth-order valence-electron chi connectivity index (χ4n) is 2.90. The molecule has 2 aromatic carbocycles. The Hall–Kier alpha value is -2.93. The van der Waals surface area contributed by atoms with Crippen molar-refractivity contribution in [1.82, 2.24) is 10.6 Å². The van der Waals surface area contributed by atoms with Gasteiger partial charge < -0.3 is 10.6 Å². The van der Waals surface area contributed by atoms with Crippen LogP contribution in [0.3, 0.4) is 0 Å². The lowest BCUT2D eigenvalue weighted by Crippen LogP contribution is -2.48. The van der Waals surface area contributed by atoms with Crippen LogP contribution in [0.1, 0.15) is 40.5 Å². The maximum Gasteiger partial charge on any atom is 0.243 e. The molecule has 0 heterocycles. The third kappa shape index (κ3) is 8.38. The zero-order valence-corrected chi connectivity index (χ0v) is 18.7. The Bertz CT molecular complexity index is 887. The summed E-state index contributed by atoms with van der Waals surface area (Å²) in [5.41, 5.74) is 1.20. The molecule has 0 spiro atoms. The molecule has 2 aromatic rings. The quantitative estimate of drug-likeness (QED) is 0.296. The van der Waals surface area contributed by atoms with E-state index in [2.05, 4.69) is 10.6 Å². The van der Waals surface area contributed by atoms with Gasteiger partial charge in [-0.2, -0.15) is 0 Å². The van der Waals surface area contributed by atoms with E-state index < -0.39 is 11.9 Å². The van der Waals surface area contributed by atoms with Crippen LogP contribution in [0.5, 0.6) is 0 Å². The number of ketones is 2. The Kier molecular flexibility index (Phi) is 9.97. The van der Waals surface area contributed by atoms with E-state index in [4.69, 9.17) is 0 Å². The van der Waals surface area contributed by atoms with Gasteiger partial charge in [-0.15, -0.1) is 0 Å². The van der Waals surface area contributed by atoms with Crippen molar-refractivity contribution in [3.8, 4) is 0 Å². The second-order valence-electron chi connectivity index (χ2n) is 7.19. The number of Topliss-reactive ketones (excluding diaryl/α,β-unsaturated/α-hetero) is 2. The predicted molar refractivity (Wildman–Crippen MR) is 124 cm³/mol. The van der Waals surface area contributed by atoms with Crippen LogP contribution in [0.15, 0.2) is 60.7 Å². The Labute approximate surface area is 186 Å². The van der Waals surface area contributed by atoms with E-state index in [1.165, 1.54) is 0 Å². The maximum absolute atomic E-state index is 12.6. The van der Waals surface area contributed by atoms with Crippen molar-refractivity contribution in [3.05, 3.63) is 71.8 Å². The molecule has 6 nitrogen and oxygen atoms in total. The van der Waals surface area contributed by atoms with E-state index >= 15 is 0 Å². The molecule has 0 fully saturated rings. The number of carbonyl (C=O) groups is 4. The Morgan fingerprint density at radius 2 is 1.42 bits per heavy atom. The summed E-state index contributed by atoms with van der Waals surface area (Å²) in [6, 6.07) is 17.1. The SMILES string of the molecule is CCC(=O)NC(CC[S+](C)CC(=O)[13c]1[13cH][13cH][13cH][13cH][13cH]1)C(=O)N[13CH2][13C](=O)c1ccccc1. The van der Waals surface area contributed by atoms with Crippen LogP contribution in [0.4, 0.5) is 0 Å². The molecule has 31 heavy (non-hydrogen) atoms. The fourth-order valence-corrected chi connectivity index (χ4v) is 4.30. The van der Waals surface area contributed by atoms with Crippen LogP contribution >= 0.6 is 0 Å². The molecule has 0 aliphatic rings.